The number of halogens is 1. The lowest BCUT2D eigenvalue weighted by atomic mass is 9.98. The maximum absolute atomic E-state index is 12.3. The Morgan fingerprint density at radius 2 is 2.24 bits per heavy atom. The fourth-order valence-corrected chi connectivity index (χ4v) is 2.52. The van der Waals surface area contributed by atoms with E-state index in [2.05, 4.69) is 5.32 Å². The lowest BCUT2D eigenvalue weighted by Crippen LogP contribution is -2.45. The molecular formula is C12H23ClN2O2. The van der Waals surface area contributed by atoms with Gasteiger partial charge in [-0.25, -0.2) is 0 Å². The zero-order valence-corrected chi connectivity index (χ0v) is 11.3. The average molecular weight is 263 g/mol. The van der Waals surface area contributed by atoms with Crippen LogP contribution in [0.4, 0.5) is 0 Å². The van der Waals surface area contributed by atoms with E-state index in [-0.39, 0.29) is 24.4 Å². The van der Waals surface area contributed by atoms with E-state index in [9.17, 15) is 4.79 Å². The molecule has 1 amide bonds. The SMILES string of the molecule is CC1CN(C(=O)C2CCCNC2)CCCO1.Cl. The largest absolute Gasteiger partial charge is 0.377 e. The van der Waals surface area contributed by atoms with Crippen LogP contribution in [-0.4, -0.2) is 49.7 Å². The second-order valence-corrected chi connectivity index (χ2v) is 4.86. The molecule has 0 aromatic rings. The molecule has 17 heavy (non-hydrogen) atoms. The van der Waals surface area contributed by atoms with Crippen LogP contribution in [0.3, 0.4) is 0 Å². The molecule has 0 radical (unpaired) electrons. The summed E-state index contributed by atoms with van der Waals surface area (Å²) in [5, 5.41) is 3.30. The van der Waals surface area contributed by atoms with Crippen LogP contribution in [0.15, 0.2) is 0 Å². The Morgan fingerprint density at radius 1 is 1.41 bits per heavy atom. The first kappa shape index (κ1) is 14.7. The van der Waals surface area contributed by atoms with Gasteiger partial charge in [0.15, 0.2) is 0 Å². The minimum absolute atomic E-state index is 0. The Bertz CT molecular complexity index is 245. The first-order valence-electron chi connectivity index (χ1n) is 6.38. The van der Waals surface area contributed by atoms with E-state index in [0.717, 1.165) is 52.0 Å². The number of nitrogens with zero attached hydrogens (tertiary/aromatic N) is 1. The summed E-state index contributed by atoms with van der Waals surface area (Å²) in [6, 6.07) is 0. The van der Waals surface area contributed by atoms with Crippen LogP contribution in [0, 0.1) is 5.92 Å². The summed E-state index contributed by atoms with van der Waals surface area (Å²) in [5.41, 5.74) is 0. The second-order valence-electron chi connectivity index (χ2n) is 4.86. The molecule has 2 unspecified atom stereocenters. The van der Waals surface area contributed by atoms with Crippen molar-refractivity contribution in [2.45, 2.75) is 32.3 Å². The Hall–Kier alpha value is -0.320. The van der Waals surface area contributed by atoms with Crippen molar-refractivity contribution in [1.29, 1.82) is 0 Å². The summed E-state index contributed by atoms with van der Waals surface area (Å²) in [6.07, 6.45) is 3.31. The van der Waals surface area contributed by atoms with E-state index in [1.807, 2.05) is 11.8 Å². The fraction of sp³-hybridized carbons (Fsp3) is 0.917. The molecule has 2 atom stereocenters. The van der Waals surface area contributed by atoms with Gasteiger partial charge in [0.1, 0.15) is 0 Å². The van der Waals surface area contributed by atoms with Crippen LogP contribution >= 0.6 is 12.4 Å². The van der Waals surface area contributed by atoms with Gasteiger partial charge in [0, 0.05) is 26.2 Å². The van der Waals surface area contributed by atoms with Crippen molar-refractivity contribution in [3.05, 3.63) is 0 Å². The van der Waals surface area contributed by atoms with E-state index in [0.29, 0.717) is 5.91 Å². The van der Waals surface area contributed by atoms with Crippen LogP contribution < -0.4 is 5.32 Å². The van der Waals surface area contributed by atoms with Gasteiger partial charge in [0.05, 0.1) is 12.0 Å². The van der Waals surface area contributed by atoms with Crippen LogP contribution in [-0.2, 0) is 9.53 Å². The van der Waals surface area contributed by atoms with E-state index in [1.54, 1.807) is 0 Å². The van der Waals surface area contributed by atoms with Gasteiger partial charge in [-0.2, -0.15) is 0 Å². The normalized spacial score (nSPS) is 30.3. The summed E-state index contributed by atoms with van der Waals surface area (Å²) in [5.74, 6) is 0.517. The fourth-order valence-electron chi connectivity index (χ4n) is 2.52. The third-order valence-electron chi connectivity index (χ3n) is 3.41. The van der Waals surface area contributed by atoms with Gasteiger partial charge in [-0.15, -0.1) is 12.4 Å². The molecule has 2 rings (SSSR count). The molecule has 0 aromatic heterocycles. The number of carbonyl (C=O) groups is 1. The maximum Gasteiger partial charge on any atom is 0.227 e. The predicted octanol–water partition coefficient (Wildman–Crippen LogP) is 1.05. The lowest BCUT2D eigenvalue weighted by molar-refractivity contribution is -0.136. The van der Waals surface area contributed by atoms with E-state index in [1.165, 1.54) is 0 Å². The van der Waals surface area contributed by atoms with Gasteiger partial charge in [0.25, 0.3) is 0 Å². The van der Waals surface area contributed by atoms with Crippen LogP contribution in [0.5, 0.6) is 0 Å². The summed E-state index contributed by atoms with van der Waals surface area (Å²) >= 11 is 0. The molecule has 0 saturated carbocycles. The highest BCUT2D eigenvalue weighted by molar-refractivity contribution is 5.85. The predicted molar refractivity (Wildman–Crippen MR) is 69.5 cm³/mol. The number of hydrogen-bond donors (Lipinski definition) is 1. The molecule has 2 heterocycles. The molecular weight excluding hydrogens is 240 g/mol. The number of hydrogen-bond acceptors (Lipinski definition) is 3. The van der Waals surface area contributed by atoms with E-state index >= 15 is 0 Å². The van der Waals surface area contributed by atoms with Gasteiger partial charge in [-0.3, -0.25) is 4.79 Å². The molecule has 2 saturated heterocycles. The highest BCUT2D eigenvalue weighted by atomic mass is 35.5. The molecule has 0 spiro atoms. The summed E-state index contributed by atoms with van der Waals surface area (Å²) < 4.78 is 5.56. The first-order chi connectivity index (χ1) is 7.77. The van der Waals surface area contributed by atoms with Crippen LogP contribution in [0.1, 0.15) is 26.2 Å². The summed E-state index contributed by atoms with van der Waals surface area (Å²) in [6.45, 7) is 6.36. The number of nitrogens with one attached hydrogen (secondary N) is 1. The standard InChI is InChI=1S/C12H22N2O2.ClH/c1-10-9-14(6-3-7-16-10)12(15)11-4-2-5-13-8-11;/h10-11,13H,2-9H2,1H3;1H. The van der Waals surface area contributed by atoms with Gasteiger partial charge >= 0.3 is 0 Å². The maximum atomic E-state index is 12.3. The quantitative estimate of drug-likeness (QED) is 0.768. The zero-order valence-electron chi connectivity index (χ0n) is 10.5. The van der Waals surface area contributed by atoms with Crippen molar-refractivity contribution >= 4 is 18.3 Å². The summed E-state index contributed by atoms with van der Waals surface area (Å²) in [7, 11) is 0. The summed E-state index contributed by atoms with van der Waals surface area (Å²) in [4.78, 5) is 14.3. The number of piperidine rings is 1. The van der Waals surface area contributed by atoms with E-state index < -0.39 is 0 Å². The highest BCUT2D eigenvalue weighted by Gasteiger charge is 2.27. The Morgan fingerprint density at radius 3 is 2.94 bits per heavy atom. The third-order valence-corrected chi connectivity index (χ3v) is 3.41. The van der Waals surface area contributed by atoms with Crippen molar-refractivity contribution in [2.75, 3.05) is 32.8 Å². The minimum Gasteiger partial charge on any atom is -0.377 e. The minimum atomic E-state index is 0. The molecule has 0 aromatic carbocycles. The Balaban J connectivity index is 0.00000144. The molecule has 1 N–H and O–H groups in total. The number of amides is 1. The first-order valence-corrected chi connectivity index (χ1v) is 6.38. The average Bonchev–Trinajstić information content (AvgIpc) is 2.54. The van der Waals surface area contributed by atoms with Crippen molar-refractivity contribution in [2.24, 2.45) is 5.92 Å². The highest BCUT2D eigenvalue weighted by Crippen LogP contribution is 2.15. The number of carbonyl (C=O) groups excluding carboxylic acids is 1. The van der Waals surface area contributed by atoms with Gasteiger partial charge < -0.3 is 15.0 Å². The molecule has 5 heteroatoms. The van der Waals surface area contributed by atoms with Gasteiger partial charge in [-0.05, 0) is 32.7 Å². The zero-order chi connectivity index (χ0) is 11.4. The van der Waals surface area contributed by atoms with Crippen LogP contribution in [0.25, 0.3) is 0 Å². The van der Waals surface area contributed by atoms with Crippen molar-refractivity contribution in [3.8, 4) is 0 Å². The van der Waals surface area contributed by atoms with Crippen molar-refractivity contribution < 1.29 is 9.53 Å². The monoisotopic (exact) mass is 262 g/mol. The molecule has 0 bridgehead atoms. The van der Waals surface area contributed by atoms with Gasteiger partial charge in [-0.1, -0.05) is 0 Å². The molecule has 0 aliphatic carbocycles. The van der Waals surface area contributed by atoms with E-state index in [4.69, 9.17) is 4.74 Å². The third kappa shape index (κ3) is 4.12. The molecule has 4 nitrogen and oxygen atoms in total. The van der Waals surface area contributed by atoms with Crippen molar-refractivity contribution in [3.63, 3.8) is 0 Å². The molecule has 2 aliphatic heterocycles. The number of ether oxygens (including phenoxy) is 1. The Kier molecular flexibility index (Phi) is 6.23. The number of rotatable bonds is 1. The molecule has 2 fully saturated rings. The molecule has 2 aliphatic rings. The van der Waals surface area contributed by atoms with Gasteiger partial charge in [0.2, 0.25) is 5.91 Å². The smallest absolute Gasteiger partial charge is 0.227 e. The molecule has 100 valence electrons. The lowest BCUT2D eigenvalue weighted by Gasteiger charge is -2.29. The van der Waals surface area contributed by atoms with Crippen LogP contribution in [0.2, 0.25) is 0 Å². The second kappa shape index (κ2) is 7.19. The van der Waals surface area contributed by atoms with Crippen molar-refractivity contribution in [1.82, 2.24) is 10.2 Å². The Labute approximate surface area is 109 Å². The topological polar surface area (TPSA) is 41.6 Å².